The third-order valence-corrected chi connectivity index (χ3v) is 3.57. The lowest BCUT2D eigenvalue weighted by Gasteiger charge is -2.22. The number of nitrogens with one attached hydrogen (secondary N) is 3. The zero-order valence-corrected chi connectivity index (χ0v) is 11.7. The molecule has 0 radical (unpaired) electrons. The van der Waals surface area contributed by atoms with Crippen LogP contribution in [0.25, 0.3) is 0 Å². The minimum absolute atomic E-state index is 0.0109. The molecule has 20 heavy (non-hydrogen) atoms. The quantitative estimate of drug-likeness (QED) is 0.765. The van der Waals surface area contributed by atoms with Crippen molar-refractivity contribution in [3.05, 3.63) is 29.8 Å². The first-order valence-electron chi connectivity index (χ1n) is 7.00. The summed E-state index contributed by atoms with van der Waals surface area (Å²) >= 11 is 0. The first-order valence-corrected chi connectivity index (χ1v) is 7.00. The van der Waals surface area contributed by atoms with Gasteiger partial charge in [-0.3, -0.25) is 9.59 Å². The molecule has 2 amide bonds. The van der Waals surface area contributed by atoms with Gasteiger partial charge in [0.25, 0.3) is 0 Å². The fraction of sp³-hybridized carbons (Fsp3) is 0.467. The lowest BCUT2D eigenvalue weighted by Crippen LogP contribution is -2.37. The number of amides is 2. The van der Waals surface area contributed by atoms with Crippen molar-refractivity contribution < 1.29 is 9.59 Å². The summed E-state index contributed by atoms with van der Waals surface area (Å²) in [7, 11) is 1.61. The molecule has 108 valence electrons. The summed E-state index contributed by atoms with van der Waals surface area (Å²) in [5, 5.41) is 8.78. The number of hydrogen-bond acceptors (Lipinski definition) is 3. The Morgan fingerprint density at radius 1 is 1.35 bits per heavy atom. The van der Waals surface area contributed by atoms with Crippen LogP contribution in [0.15, 0.2) is 24.3 Å². The topological polar surface area (TPSA) is 70.2 Å². The molecule has 1 heterocycles. The molecule has 0 aliphatic carbocycles. The van der Waals surface area contributed by atoms with Crippen molar-refractivity contribution in [1.29, 1.82) is 0 Å². The van der Waals surface area contributed by atoms with E-state index in [4.69, 9.17) is 0 Å². The van der Waals surface area contributed by atoms with Crippen molar-refractivity contribution in [1.82, 2.24) is 10.6 Å². The molecule has 3 N–H and O–H groups in total. The van der Waals surface area contributed by atoms with Crippen LogP contribution in [-0.2, 0) is 16.0 Å². The third-order valence-electron chi connectivity index (χ3n) is 3.57. The molecule has 1 aromatic carbocycles. The second-order valence-electron chi connectivity index (χ2n) is 5.04. The molecule has 0 aromatic heterocycles. The Morgan fingerprint density at radius 3 is 2.85 bits per heavy atom. The molecule has 0 bridgehead atoms. The Balaban J connectivity index is 2.04. The molecule has 1 unspecified atom stereocenters. The summed E-state index contributed by atoms with van der Waals surface area (Å²) in [5.74, 6) is -0.0237. The van der Waals surface area contributed by atoms with Crippen LogP contribution in [0.5, 0.6) is 0 Å². The fourth-order valence-electron chi connectivity index (χ4n) is 2.37. The molecule has 1 fully saturated rings. The van der Waals surface area contributed by atoms with Gasteiger partial charge in [-0.15, -0.1) is 0 Å². The number of piperidine rings is 1. The SMILES string of the molecule is CNC(=O)Cc1ccccc1NC(=O)C1CCCNC1. The number of carbonyl (C=O) groups excluding carboxylic acids is 2. The van der Waals surface area contributed by atoms with Crippen LogP contribution >= 0.6 is 0 Å². The van der Waals surface area contributed by atoms with Gasteiger partial charge in [-0.25, -0.2) is 0 Å². The Kier molecular flexibility index (Phi) is 5.12. The third kappa shape index (κ3) is 3.81. The Hall–Kier alpha value is -1.88. The maximum absolute atomic E-state index is 12.2. The fourth-order valence-corrected chi connectivity index (χ4v) is 2.37. The molecule has 0 spiro atoms. The number of benzene rings is 1. The van der Waals surface area contributed by atoms with Crippen LogP contribution in [-0.4, -0.2) is 32.0 Å². The minimum atomic E-state index is -0.0639. The maximum atomic E-state index is 12.2. The molecule has 1 atom stereocenters. The van der Waals surface area contributed by atoms with Crippen LogP contribution in [0.4, 0.5) is 5.69 Å². The normalized spacial score (nSPS) is 18.4. The Bertz CT molecular complexity index is 482. The molecule has 1 aliphatic heterocycles. The van der Waals surface area contributed by atoms with Crippen molar-refractivity contribution in [2.24, 2.45) is 5.92 Å². The van der Waals surface area contributed by atoms with Gasteiger partial charge in [0.1, 0.15) is 0 Å². The van der Waals surface area contributed by atoms with E-state index < -0.39 is 0 Å². The monoisotopic (exact) mass is 275 g/mol. The predicted octanol–water partition coefficient (Wildman–Crippen LogP) is 0.913. The van der Waals surface area contributed by atoms with Gasteiger partial charge in [0.15, 0.2) is 0 Å². The highest BCUT2D eigenvalue weighted by molar-refractivity contribution is 5.94. The van der Waals surface area contributed by atoms with E-state index in [0.29, 0.717) is 0 Å². The van der Waals surface area contributed by atoms with Crippen molar-refractivity contribution >= 4 is 17.5 Å². The summed E-state index contributed by atoms with van der Waals surface area (Å²) in [5.41, 5.74) is 1.57. The van der Waals surface area contributed by atoms with E-state index in [9.17, 15) is 9.59 Å². The highest BCUT2D eigenvalue weighted by Crippen LogP contribution is 2.18. The summed E-state index contributed by atoms with van der Waals surface area (Å²) in [4.78, 5) is 23.7. The number of hydrogen-bond donors (Lipinski definition) is 3. The van der Waals surface area contributed by atoms with Gasteiger partial charge in [-0.2, -0.15) is 0 Å². The Labute approximate surface area is 119 Å². The highest BCUT2D eigenvalue weighted by Gasteiger charge is 2.21. The standard InChI is InChI=1S/C15H21N3O2/c1-16-14(19)9-11-5-2-3-7-13(11)18-15(20)12-6-4-8-17-10-12/h2-3,5,7,12,17H,4,6,8-10H2,1H3,(H,16,19)(H,18,20). The van der Waals surface area contributed by atoms with E-state index in [2.05, 4.69) is 16.0 Å². The zero-order chi connectivity index (χ0) is 14.4. The van der Waals surface area contributed by atoms with Gasteiger partial charge in [-0.1, -0.05) is 18.2 Å². The lowest BCUT2D eigenvalue weighted by atomic mass is 9.98. The summed E-state index contributed by atoms with van der Waals surface area (Å²) in [6.07, 6.45) is 2.21. The molecule has 1 aliphatic rings. The van der Waals surface area contributed by atoms with E-state index >= 15 is 0 Å². The van der Waals surface area contributed by atoms with Crippen LogP contribution in [0.3, 0.4) is 0 Å². The van der Waals surface area contributed by atoms with E-state index in [1.165, 1.54) is 0 Å². The number of likely N-dealkylation sites (N-methyl/N-ethyl adjacent to an activating group) is 1. The predicted molar refractivity (Wildman–Crippen MR) is 78.4 cm³/mol. The van der Waals surface area contributed by atoms with Crippen LogP contribution in [0.1, 0.15) is 18.4 Å². The highest BCUT2D eigenvalue weighted by atomic mass is 16.2. The summed E-state index contributed by atoms with van der Waals surface area (Å²) < 4.78 is 0. The first kappa shape index (κ1) is 14.5. The summed E-state index contributed by atoms with van der Waals surface area (Å²) in [6, 6.07) is 7.44. The van der Waals surface area contributed by atoms with E-state index in [1.807, 2.05) is 24.3 Å². The summed E-state index contributed by atoms with van der Waals surface area (Å²) in [6.45, 7) is 1.71. The van der Waals surface area contributed by atoms with Crippen molar-refractivity contribution in [2.45, 2.75) is 19.3 Å². The molecule has 0 saturated carbocycles. The van der Waals surface area contributed by atoms with Gasteiger partial charge in [0.05, 0.1) is 12.3 Å². The van der Waals surface area contributed by atoms with Crippen molar-refractivity contribution in [3.8, 4) is 0 Å². The molecule has 2 rings (SSSR count). The molecule has 5 heteroatoms. The molecular weight excluding hydrogens is 254 g/mol. The van der Waals surface area contributed by atoms with Gasteiger partial charge in [0, 0.05) is 19.3 Å². The lowest BCUT2D eigenvalue weighted by molar-refractivity contribution is -0.121. The molecule has 1 saturated heterocycles. The van der Waals surface area contributed by atoms with Crippen LogP contribution in [0, 0.1) is 5.92 Å². The average Bonchev–Trinajstić information content (AvgIpc) is 2.50. The largest absolute Gasteiger partial charge is 0.359 e. The minimum Gasteiger partial charge on any atom is -0.359 e. The molecular formula is C15H21N3O2. The van der Waals surface area contributed by atoms with Gasteiger partial charge >= 0.3 is 0 Å². The zero-order valence-electron chi connectivity index (χ0n) is 11.7. The van der Waals surface area contributed by atoms with E-state index in [1.54, 1.807) is 7.05 Å². The van der Waals surface area contributed by atoms with Crippen LogP contribution < -0.4 is 16.0 Å². The first-order chi connectivity index (χ1) is 9.70. The second-order valence-corrected chi connectivity index (χ2v) is 5.04. The van der Waals surface area contributed by atoms with Crippen molar-refractivity contribution in [2.75, 3.05) is 25.5 Å². The Morgan fingerprint density at radius 2 is 2.15 bits per heavy atom. The number of carbonyl (C=O) groups is 2. The van der Waals surface area contributed by atoms with E-state index in [0.717, 1.165) is 37.2 Å². The average molecular weight is 275 g/mol. The number of anilines is 1. The second kappa shape index (κ2) is 7.05. The number of para-hydroxylation sites is 1. The maximum Gasteiger partial charge on any atom is 0.228 e. The molecule has 5 nitrogen and oxygen atoms in total. The van der Waals surface area contributed by atoms with Crippen LogP contribution in [0.2, 0.25) is 0 Å². The van der Waals surface area contributed by atoms with Gasteiger partial charge in [-0.05, 0) is 31.0 Å². The smallest absolute Gasteiger partial charge is 0.228 e. The number of rotatable bonds is 4. The molecule has 1 aromatic rings. The van der Waals surface area contributed by atoms with Gasteiger partial charge in [0.2, 0.25) is 11.8 Å². The van der Waals surface area contributed by atoms with Crippen molar-refractivity contribution in [3.63, 3.8) is 0 Å². The van der Waals surface area contributed by atoms with E-state index in [-0.39, 0.29) is 24.2 Å². The van der Waals surface area contributed by atoms with Gasteiger partial charge < -0.3 is 16.0 Å².